The second-order valence-electron chi connectivity index (χ2n) is 12.0. The maximum absolute atomic E-state index is 14.1. The molecule has 41 heavy (non-hydrogen) atoms. The Bertz CT molecular complexity index is 1570. The highest BCUT2D eigenvalue weighted by atomic mass is 79.9. The third-order valence-electron chi connectivity index (χ3n) is 8.27. The van der Waals surface area contributed by atoms with Gasteiger partial charge in [-0.3, -0.25) is 23.7 Å². The third-order valence-corrected chi connectivity index (χ3v) is 11.4. The molecule has 0 saturated carbocycles. The van der Waals surface area contributed by atoms with Crippen LogP contribution in [0.1, 0.15) is 62.0 Å². The summed E-state index contributed by atoms with van der Waals surface area (Å²) >= 11 is 5.79. The minimum atomic E-state index is -0.698. The molecule has 2 aromatic carbocycles. The number of anilines is 1. The third kappa shape index (κ3) is 5.12. The molecule has 0 spiro atoms. The van der Waals surface area contributed by atoms with Crippen molar-refractivity contribution in [2.45, 2.75) is 68.2 Å². The molecule has 0 radical (unpaired) electrons. The van der Waals surface area contributed by atoms with Gasteiger partial charge >= 0.3 is 4.87 Å². The minimum Gasteiger partial charge on any atom is -0.341 e. The van der Waals surface area contributed by atoms with Gasteiger partial charge in [-0.1, -0.05) is 84.1 Å². The number of likely N-dealkylation sites (tertiary alicyclic amines) is 1. The molecule has 3 unspecified atom stereocenters. The van der Waals surface area contributed by atoms with Crippen LogP contribution >= 0.6 is 39.0 Å². The van der Waals surface area contributed by atoms with E-state index in [0.717, 1.165) is 51.1 Å². The summed E-state index contributed by atoms with van der Waals surface area (Å²) in [6.07, 6.45) is 3.04. The summed E-state index contributed by atoms with van der Waals surface area (Å²) in [7, 11) is 0. The lowest BCUT2D eigenvalue weighted by Crippen LogP contribution is -2.39. The van der Waals surface area contributed by atoms with Crippen LogP contribution in [0.15, 0.2) is 62.8 Å². The number of aromatic nitrogens is 1. The van der Waals surface area contributed by atoms with E-state index < -0.39 is 17.1 Å². The van der Waals surface area contributed by atoms with Gasteiger partial charge in [0.1, 0.15) is 11.8 Å². The lowest BCUT2D eigenvalue weighted by molar-refractivity contribution is -0.133. The fourth-order valence-electron chi connectivity index (χ4n) is 6.03. The Balaban J connectivity index is 1.44. The van der Waals surface area contributed by atoms with Crippen LogP contribution in [0.3, 0.4) is 0 Å². The summed E-state index contributed by atoms with van der Waals surface area (Å²) in [4.78, 5) is 58.3. The second-order valence-corrected chi connectivity index (χ2v) is 15.0. The zero-order valence-electron chi connectivity index (χ0n) is 23.3. The molecule has 7 nitrogen and oxygen atoms in total. The molecule has 0 aliphatic carbocycles. The highest BCUT2D eigenvalue weighted by Crippen LogP contribution is 2.54. The quantitative estimate of drug-likeness (QED) is 0.334. The molecular weight excluding hydrogens is 622 g/mol. The van der Waals surface area contributed by atoms with E-state index in [1.54, 1.807) is 12.1 Å². The Morgan fingerprint density at radius 3 is 2.22 bits per heavy atom. The fraction of sp³-hybridized carbons (Fsp3) is 0.419. The molecule has 10 heteroatoms. The fourth-order valence-corrected chi connectivity index (χ4v) is 9.07. The molecule has 3 aliphatic rings. The molecule has 3 aromatic rings. The number of rotatable bonds is 4. The van der Waals surface area contributed by atoms with Crippen LogP contribution in [0, 0.1) is 5.92 Å². The zero-order valence-corrected chi connectivity index (χ0v) is 26.5. The van der Waals surface area contributed by atoms with Crippen molar-refractivity contribution in [3.8, 4) is 0 Å². The second kappa shape index (κ2) is 10.9. The van der Waals surface area contributed by atoms with Crippen molar-refractivity contribution >= 4 is 62.4 Å². The lowest BCUT2D eigenvalue weighted by atomic mass is 9.81. The van der Waals surface area contributed by atoms with Gasteiger partial charge in [0.15, 0.2) is 0 Å². The molecule has 1 aromatic heterocycles. The number of thiazole rings is 1. The summed E-state index contributed by atoms with van der Waals surface area (Å²) in [5, 5.41) is -0.0633. The molecule has 6 rings (SSSR count). The van der Waals surface area contributed by atoms with Gasteiger partial charge in [0.25, 0.3) is 0 Å². The van der Waals surface area contributed by atoms with Crippen molar-refractivity contribution in [3.63, 3.8) is 0 Å². The number of hydrogen-bond donors (Lipinski definition) is 0. The number of hydrogen-bond acceptors (Lipinski definition) is 6. The number of carbonyl (C=O) groups is 3. The number of fused-ring (bicyclic) bond motifs is 2. The molecule has 0 bridgehead atoms. The van der Waals surface area contributed by atoms with E-state index in [4.69, 9.17) is 0 Å². The number of nitrogens with zero attached hydrogens (tertiary/aromatic N) is 3. The van der Waals surface area contributed by atoms with Crippen LogP contribution in [0.25, 0.3) is 0 Å². The molecule has 2 fully saturated rings. The smallest absolute Gasteiger partial charge is 0.308 e. The first-order chi connectivity index (χ1) is 19.5. The van der Waals surface area contributed by atoms with Crippen molar-refractivity contribution in [2.75, 3.05) is 18.0 Å². The molecule has 4 heterocycles. The molecule has 214 valence electrons. The number of carbonyl (C=O) groups excluding carboxylic acids is 3. The van der Waals surface area contributed by atoms with Crippen molar-refractivity contribution < 1.29 is 14.4 Å². The predicted octanol–water partition coefficient (Wildman–Crippen LogP) is 5.78. The van der Waals surface area contributed by atoms with Crippen LogP contribution < -0.4 is 9.77 Å². The monoisotopic (exact) mass is 653 g/mol. The summed E-state index contributed by atoms with van der Waals surface area (Å²) in [6, 6.07) is 15.3. The van der Waals surface area contributed by atoms with E-state index in [9.17, 15) is 19.2 Å². The Labute approximate surface area is 256 Å². The standard InChI is InChI=1S/C31H32BrN3O4S2/c1-31(2,3)19-9-7-18(8-10-19)23-24-25(28(38)35(27(24)37)21-13-11-20(32)12-14-21)40-29-26(23)41-30(39)34(29)17-22(36)33-15-5-4-6-16-33/h7-14,23-25H,4-6,15-17H2,1-3H3. The number of piperidine rings is 1. The van der Waals surface area contributed by atoms with Crippen LogP contribution in [0.4, 0.5) is 5.69 Å². The number of amides is 3. The first-order valence-electron chi connectivity index (χ1n) is 14.0. The average molecular weight is 655 g/mol. The Morgan fingerprint density at radius 1 is 0.927 bits per heavy atom. The van der Waals surface area contributed by atoms with E-state index in [2.05, 4.69) is 48.8 Å². The average Bonchev–Trinajstić information content (AvgIpc) is 3.40. The van der Waals surface area contributed by atoms with Crippen molar-refractivity contribution in [3.05, 3.63) is 78.7 Å². The Hall–Kier alpha value is -2.69. The Kier molecular flexibility index (Phi) is 7.53. The van der Waals surface area contributed by atoms with Gasteiger partial charge in [-0.15, -0.1) is 0 Å². The zero-order chi connectivity index (χ0) is 29.1. The number of thioether (sulfide) groups is 1. The minimum absolute atomic E-state index is 0.0465. The van der Waals surface area contributed by atoms with Crippen LogP contribution in [0.5, 0.6) is 0 Å². The van der Waals surface area contributed by atoms with Gasteiger partial charge in [0, 0.05) is 28.4 Å². The summed E-state index contributed by atoms with van der Waals surface area (Å²) in [5.74, 6) is -1.75. The van der Waals surface area contributed by atoms with Crippen molar-refractivity contribution in [2.24, 2.45) is 5.92 Å². The summed E-state index contributed by atoms with van der Waals surface area (Å²) in [6.45, 7) is 7.80. The largest absolute Gasteiger partial charge is 0.341 e. The van der Waals surface area contributed by atoms with Crippen molar-refractivity contribution in [1.82, 2.24) is 9.47 Å². The van der Waals surface area contributed by atoms with Gasteiger partial charge in [0.05, 0.1) is 16.6 Å². The van der Waals surface area contributed by atoms with Crippen LogP contribution in [0.2, 0.25) is 0 Å². The molecule has 3 aliphatic heterocycles. The Morgan fingerprint density at radius 2 is 1.59 bits per heavy atom. The summed E-state index contributed by atoms with van der Waals surface area (Å²) in [5.41, 5.74) is 2.53. The van der Waals surface area contributed by atoms with Gasteiger partial charge in [-0.25, -0.2) is 4.90 Å². The predicted molar refractivity (Wildman–Crippen MR) is 166 cm³/mol. The molecular formula is C31H32BrN3O4S2. The van der Waals surface area contributed by atoms with E-state index in [0.29, 0.717) is 23.8 Å². The molecule has 0 N–H and O–H groups in total. The first kappa shape index (κ1) is 28.4. The van der Waals surface area contributed by atoms with Crippen LogP contribution in [-0.4, -0.2) is 45.5 Å². The highest BCUT2D eigenvalue weighted by molar-refractivity contribution is 9.10. The maximum Gasteiger partial charge on any atom is 0.308 e. The molecule has 3 amide bonds. The number of imide groups is 1. The van der Waals surface area contributed by atoms with E-state index in [1.807, 2.05) is 29.2 Å². The number of benzene rings is 2. The van der Waals surface area contributed by atoms with E-state index in [1.165, 1.54) is 21.2 Å². The SMILES string of the molecule is CC(C)(C)c1ccc(C2c3sc(=O)n(CC(=O)N4CCCCC4)c3SC3C(=O)N(c4ccc(Br)cc4)C(=O)C32)cc1. The molecule has 3 atom stereocenters. The number of halogens is 1. The molecule has 2 saturated heterocycles. The maximum atomic E-state index is 14.1. The topological polar surface area (TPSA) is 79.7 Å². The van der Waals surface area contributed by atoms with Gasteiger partial charge in [-0.05, 0) is 60.1 Å². The van der Waals surface area contributed by atoms with Gasteiger partial charge in [0.2, 0.25) is 17.7 Å². The summed E-state index contributed by atoms with van der Waals surface area (Å²) < 4.78 is 2.39. The van der Waals surface area contributed by atoms with Crippen LogP contribution in [-0.2, 0) is 26.3 Å². The van der Waals surface area contributed by atoms with Crippen molar-refractivity contribution in [1.29, 1.82) is 0 Å². The van der Waals surface area contributed by atoms with Gasteiger partial charge < -0.3 is 4.90 Å². The van der Waals surface area contributed by atoms with E-state index in [-0.39, 0.29) is 34.6 Å². The normalized spacial score (nSPS) is 22.6. The van der Waals surface area contributed by atoms with E-state index >= 15 is 0 Å². The first-order valence-corrected chi connectivity index (χ1v) is 16.5. The lowest BCUT2D eigenvalue weighted by Gasteiger charge is -2.31. The highest BCUT2D eigenvalue weighted by Gasteiger charge is 2.56. The van der Waals surface area contributed by atoms with Gasteiger partial charge in [-0.2, -0.15) is 0 Å².